The number of nitrogens with zero attached hydrogens (tertiary/aromatic N) is 3. The second-order valence-corrected chi connectivity index (χ2v) is 9.48. The van der Waals surface area contributed by atoms with Crippen molar-refractivity contribution in [3.8, 4) is 11.3 Å². The van der Waals surface area contributed by atoms with E-state index in [1.807, 2.05) is 24.3 Å². The van der Waals surface area contributed by atoms with Crippen molar-refractivity contribution in [2.45, 2.75) is 4.90 Å². The lowest BCUT2D eigenvalue weighted by Crippen LogP contribution is -3.12. The minimum Gasteiger partial charge on any atom is -0.344 e. The second-order valence-electron chi connectivity index (χ2n) is 7.36. The molecule has 0 aliphatic carbocycles. The van der Waals surface area contributed by atoms with Crippen molar-refractivity contribution in [2.24, 2.45) is 0 Å². The van der Waals surface area contributed by atoms with Gasteiger partial charge in [0.2, 0.25) is 0 Å². The van der Waals surface area contributed by atoms with Gasteiger partial charge in [-0.15, -0.1) is 10.2 Å². The predicted molar refractivity (Wildman–Crippen MR) is 119 cm³/mol. The van der Waals surface area contributed by atoms with Crippen LogP contribution in [0.15, 0.2) is 65.6 Å². The van der Waals surface area contributed by atoms with E-state index in [4.69, 9.17) is 11.6 Å². The van der Waals surface area contributed by atoms with Crippen LogP contribution in [-0.2, 0) is 10.0 Å². The highest BCUT2D eigenvalue weighted by Crippen LogP contribution is 2.23. The molecule has 30 heavy (non-hydrogen) atoms. The molecule has 1 aliphatic rings. The number of anilines is 2. The maximum atomic E-state index is 12.5. The molecule has 0 saturated carbocycles. The van der Waals surface area contributed by atoms with Crippen LogP contribution >= 0.6 is 11.6 Å². The quantitative estimate of drug-likeness (QED) is 0.628. The second kappa shape index (κ2) is 8.59. The molecule has 2 heterocycles. The number of aromatic nitrogens is 2. The topological polar surface area (TPSA) is 79.6 Å². The SMILES string of the molecule is C[NH+]1CCN(c2ccc(-c3ccc(NS(=O)(=O)c4ccc(Cl)cc4)cc3)nn2)CC1. The van der Waals surface area contributed by atoms with Crippen molar-refractivity contribution in [1.29, 1.82) is 0 Å². The normalized spacial score (nSPS) is 15.2. The fourth-order valence-corrected chi connectivity index (χ4v) is 4.49. The molecule has 2 aromatic carbocycles. The molecule has 0 unspecified atom stereocenters. The number of hydrogen-bond acceptors (Lipinski definition) is 5. The van der Waals surface area contributed by atoms with Gasteiger partial charge in [-0.25, -0.2) is 8.42 Å². The summed E-state index contributed by atoms with van der Waals surface area (Å²) in [6.45, 7) is 4.14. The van der Waals surface area contributed by atoms with Gasteiger partial charge in [-0.2, -0.15) is 0 Å². The first-order chi connectivity index (χ1) is 14.4. The van der Waals surface area contributed by atoms with Gasteiger partial charge in [0.1, 0.15) is 0 Å². The number of benzene rings is 2. The van der Waals surface area contributed by atoms with Gasteiger partial charge >= 0.3 is 0 Å². The molecule has 0 bridgehead atoms. The number of quaternary nitrogens is 1. The Morgan fingerprint density at radius 1 is 0.933 bits per heavy atom. The predicted octanol–water partition coefficient (Wildman–Crippen LogP) is 1.93. The van der Waals surface area contributed by atoms with E-state index in [2.05, 4.69) is 26.9 Å². The van der Waals surface area contributed by atoms with E-state index in [0.29, 0.717) is 10.7 Å². The first-order valence-electron chi connectivity index (χ1n) is 9.69. The minimum atomic E-state index is -3.67. The molecule has 9 heteroatoms. The molecule has 156 valence electrons. The molecule has 4 rings (SSSR count). The molecule has 1 fully saturated rings. The molecular weight excluding hydrogens is 422 g/mol. The summed E-state index contributed by atoms with van der Waals surface area (Å²) in [5.41, 5.74) is 2.08. The van der Waals surface area contributed by atoms with E-state index >= 15 is 0 Å². The highest BCUT2D eigenvalue weighted by molar-refractivity contribution is 7.92. The molecule has 7 nitrogen and oxygen atoms in total. The maximum Gasteiger partial charge on any atom is 0.261 e. The van der Waals surface area contributed by atoms with Gasteiger partial charge in [0.25, 0.3) is 10.0 Å². The van der Waals surface area contributed by atoms with Crippen LogP contribution in [0.2, 0.25) is 5.02 Å². The molecule has 0 radical (unpaired) electrons. The number of piperazine rings is 1. The van der Waals surface area contributed by atoms with Gasteiger partial charge in [0.05, 0.1) is 43.8 Å². The minimum absolute atomic E-state index is 0.155. The Labute approximate surface area is 181 Å². The van der Waals surface area contributed by atoms with E-state index in [9.17, 15) is 8.42 Å². The molecule has 2 N–H and O–H groups in total. The summed E-state index contributed by atoms with van der Waals surface area (Å²) in [4.78, 5) is 3.93. The number of nitrogens with one attached hydrogen (secondary N) is 2. The summed E-state index contributed by atoms with van der Waals surface area (Å²) >= 11 is 5.83. The van der Waals surface area contributed by atoms with Crippen molar-refractivity contribution < 1.29 is 13.3 Å². The fourth-order valence-electron chi connectivity index (χ4n) is 3.30. The standard InChI is InChI=1S/C21H22ClN5O2S/c1-26-12-14-27(15-13-26)21-11-10-20(23-24-21)16-2-6-18(7-3-16)25-30(28,29)19-8-4-17(22)5-9-19/h2-11,25H,12-15H2,1H3/p+1. The molecule has 1 saturated heterocycles. The highest BCUT2D eigenvalue weighted by atomic mass is 35.5. The van der Waals surface area contributed by atoms with Crippen LogP contribution in [-0.4, -0.2) is 51.8 Å². The third kappa shape index (κ3) is 4.72. The average molecular weight is 445 g/mol. The largest absolute Gasteiger partial charge is 0.344 e. The van der Waals surface area contributed by atoms with E-state index in [0.717, 1.165) is 43.3 Å². The Morgan fingerprint density at radius 3 is 2.20 bits per heavy atom. The van der Waals surface area contributed by atoms with E-state index in [-0.39, 0.29) is 4.90 Å². The lowest BCUT2D eigenvalue weighted by atomic mass is 10.1. The van der Waals surface area contributed by atoms with Crippen molar-refractivity contribution >= 4 is 33.1 Å². The van der Waals surface area contributed by atoms with Gasteiger partial charge < -0.3 is 9.80 Å². The summed E-state index contributed by atoms with van der Waals surface area (Å²) in [5.74, 6) is 0.888. The van der Waals surface area contributed by atoms with Crippen LogP contribution in [0.5, 0.6) is 0 Å². The lowest BCUT2D eigenvalue weighted by Gasteiger charge is -2.30. The number of sulfonamides is 1. The van der Waals surface area contributed by atoms with Crippen molar-refractivity contribution in [1.82, 2.24) is 10.2 Å². The summed E-state index contributed by atoms with van der Waals surface area (Å²) in [5, 5.41) is 9.22. The summed E-state index contributed by atoms with van der Waals surface area (Å²) < 4.78 is 27.6. The zero-order valence-corrected chi connectivity index (χ0v) is 18.1. The Kier molecular flexibility index (Phi) is 5.90. The molecule has 0 spiro atoms. The molecular formula is C21H23ClN5O2S+. The smallest absolute Gasteiger partial charge is 0.261 e. The molecule has 1 aliphatic heterocycles. The lowest BCUT2D eigenvalue weighted by molar-refractivity contribution is -0.880. The van der Waals surface area contributed by atoms with Gasteiger partial charge in [-0.05, 0) is 48.5 Å². The third-order valence-electron chi connectivity index (χ3n) is 5.15. The zero-order chi connectivity index (χ0) is 21.1. The number of likely N-dealkylation sites (N-methyl/N-ethyl adjacent to an activating group) is 1. The molecule has 1 aromatic heterocycles. The van der Waals surface area contributed by atoms with Crippen LogP contribution in [0.3, 0.4) is 0 Å². The number of halogens is 1. The zero-order valence-electron chi connectivity index (χ0n) is 16.5. The Morgan fingerprint density at radius 2 is 1.60 bits per heavy atom. The van der Waals surface area contributed by atoms with Crippen LogP contribution in [0.1, 0.15) is 0 Å². The summed E-state index contributed by atoms with van der Waals surface area (Å²) in [7, 11) is -1.47. The monoisotopic (exact) mass is 444 g/mol. The number of rotatable bonds is 5. The van der Waals surface area contributed by atoms with Gasteiger partial charge in [-0.1, -0.05) is 23.7 Å². The van der Waals surface area contributed by atoms with Gasteiger partial charge in [0, 0.05) is 16.3 Å². The summed E-state index contributed by atoms with van der Waals surface area (Å²) in [6.07, 6.45) is 0. The first kappa shape index (κ1) is 20.6. The summed E-state index contributed by atoms with van der Waals surface area (Å²) in [6, 6.07) is 17.0. The Bertz CT molecular complexity index is 1100. The maximum absolute atomic E-state index is 12.5. The fraction of sp³-hybridized carbons (Fsp3) is 0.238. The average Bonchev–Trinajstić information content (AvgIpc) is 2.75. The van der Waals surface area contributed by atoms with Crippen LogP contribution in [0.25, 0.3) is 11.3 Å². The van der Waals surface area contributed by atoms with Crippen LogP contribution in [0.4, 0.5) is 11.5 Å². The van der Waals surface area contributed by atoms with Gasteiger partial charge in [-0.3, -0.25) is 4.72 Å². The highest BCUT2D eigenvalue weighted by Gasteiger charge is 2.18. The third-order valence-corrected chi connectivity index (χ3v) is 6.80. The van der Waals surface area contributed by atoms with Crippen molar-refractivity contribution in [3.05, 3.63) is 65.7 Å². The van der Waals surface area contributed by atoms with Crippen molar-refractivity contribution in [3.63, 3.8) is 0 Å². The Balaban J connectivity index is 1.45. The van der Waals surface area contributed by atoms with Crippen LogP contribution in [0, 0.1) is 0 Å². The van der Waals surface area contributed by atoms with Crippen LogP contribution < -0.4 is 14.5 Å². The Hall–Kier alpha value is -2.68. The number of hydrogen-bond donors (Lipinski definition) is 2. The van der Waals surface area contributed by atoms with E-state index in [1.165, 1.54) is 17.0 Å². The molecule has 3 aromatic rings. The van der Waals surface area contributed by atoms with Gasteiger partial charge in [0.15, 0.2) is 5.82 Å². The first-order valence-corrected chi connectivity index (χ1v) is 11.6. The van der Waals surface area contributed by atoms with E-state index in [1.54, 1.807) is 24.3 Å². The van der Waals surface area contributed by atoms with E-state index < -0.39 is 10.0 Å². The molecule has 0 atom stereocenters. The van der Waals surface area contributed by atoms with Crippen molar-refractivity contribution in [2.75, 3.05) is 42.8 Å². The molecule has 0 amide bonds.